The van der Waals surface area contributed by atoms with Gasteiger partial charge in [-0.15, -0.1) is 0 Å². The van der Waals surface area contributed by atoms with E-state index in [2.05, 4.69) is 0 Å². The van der Waals surface area contributed by atoms with Crippen LogP contribution in [0.5, 0.6) is 0 Å². The average molecular weight is 250 g/mol. The molecule has 0 amide bonds. The molecule has 0 fully saturated rings. The zero-order valence-corrected chi connectivity index (χ0v) is 11.2. The van der Waals surface area contributed by atoms with Gasteiger partial charge in [-0.25, -0.2) is 0 Å². The Morgan fingerprint density at radius 1 is 1.06 bits per heavy atom. The molecule has 1 rings (SSSR count). The lowest BCUT2D eigenvalue weighted by Crippen LogP contribution is -2.35. The first-order valence-electron chi connectivity index (χ1n) is 6.16. The smallest absolute Gasteiger partial charge is 0.128 e. The summed E-state index contributed by atoms with van der Waals surface area (Å²) in [5, 5.41) is 8.23. The topological polar surface area (TPSA) is 45.6 Å². The molecule has 18 heavy (non-hydrogen) atoms. The quantitative estimate of drug-likeness (QED) is 0.436. The van der Waals surface area contributed by atoms with E-state index in [1.807, 2.05) is 35.2 Å². The Hall–Kier alpha value is -1.39. The van der Waals surface area contributed by atoms with Crippen LogP contribution >= 0.6 is 0 Å². The Morgan fingerprint density at radius 2 is 1.72 bits per heavy atom. The molecule has 0 aliphatic heterocycles. The number of nitrogens with zero attached hydrogens (tertiary/aromatic N) is 1. The molecule has 100 valence electrons. The SMILES string of the molecule is COCCCN(CCOC)C(=N)c1ccccc1. The molecule has 0 saturated heterocycles. The summed E-state index contributed by atoms with van der Waals surface area (Å²) >= 11 is 0. The van der Waals surface area contributed by atoms with E-state index < -0.39 is 0 Å². The van der Waals surface area contributed by atoms with Crippen molar-refractivity contribution in [2.45, 2.75) is 6.42 Å². The molecule has 0 unspecified atom stereocenters. The van der Waals surface area contributed by atoms with Crippen molar-refractivity contribution < 1.29 is 9.47 Å². The highest BCUT2D eigenvalue weighted by molar-refractivity contribution is 5.96. The minimum absolute atomic E-state index is 0.545. The van der Waals surface area contributed by atoms with E-state index in [1.54, 1.807) is 14.2 Å². The second kappa shape index (κ2) is 8.66. The van der Waals surface area contributed by atoms with Gasteiger partial charge in [-0.3, -0.25) is 5.41 Å². The van der Waals surface area contributed by atoms with Crippen LogP contribution in [0.4, 0.5) is 0 Å². The van der Waals surface area contributed by atoms with E-state index in [1.165, 1.54) is 0 Å². The summed E-state index contributed by atoms with van der Waals surface area (Å²) in [7, 11) is 3.38. The zero-order valence-electron chi connectivity index (χ0n) is 11.2. The maximum atomic E-state index is 8.23. The van der Waals surface area contributed by atoms with Gasteiger partial charge in [0, 0.05) is 39.5 Å². The number of rotatable bonds is 8. The lowest BCUT2D eigenvalue weighted by Gasteiger charge is -2.25. The van der Waals surface area contributed by atoms with Gasteiger partial charge in [0.05, 0.1) is 6.61 Å². The number of nitrogens with one attached hydrogen (secondary N) is 1. The fraction of sp³-hybridized carbons (Fsp3) is 0.500. The average Bonchev–Trinajstić information content (AvgIpc) is 2.43. The van der Waals surface area contributed by atoms with E-state index in [0.29, 0.717) is 19.0 Å². The molecule has 0 aliphatic carbocycles. The highest BCUT2D eigenvalue weighted by Crippen LogP contribution is 2.05. The van der Waals surface area contributed by atoms with Gasteiger partial charge in [-0.05, 0) is 6.42 Å². The van der Waals surface area contributed by atoms with Crippen molar-refractivity contribution in [1.82, 2.24) is 4.90 Å². The van der Waals surface area contributed by atoms with Gasteiger partial charge in [-0.2, -0.15) is 0 Å². The number of amidine groups is 1. The van der Waals surface area contributed by atoms with Crippen molar-refractivity contribution in [3.63, 3.8) is 0 Å². The maximum absolute atomic E-state index is 8.23. The van der Waals surface area contributed by atoms with Crippen LogP contribution < -0.4 is 0 Å². The normalized spacial score (nSPS) is 10.3. The summed E-state index contributed by atoms with van der Waals surface area (Å²) in [4.78, 5) is 2.03. The van der Waals surface area contributed by atoms with Crippen LogP contribution in [0.1, 0.15) is 12.0 Å². The van der Waals surface area contributed by atoms with Gasteiger partial charge in [-0.1, -0.05) is 30.3 Å². The van der Waals surface area contributed by atoms with E-state index >= 15 is 0 Å². The summed E-state index contributed by atoms with van der Waals surface area (Å²) in [5.41, 5.74) is 0.936. The van der Waals surface area contributed by atoms with Crippen molar-refractivity contribution in [1.29, 1.82) is 5.41 Å². The number of ether oxygens (including phenoxy) is 2. The monoisotopic (exact) mass is 250 g/mol. The molecule has 4 heteroatoms. The molecule has 4 nitrogen and oxygen atoms in total. The van der Waals surface area contributed by atoms with Crippen LogP contribution in [0.25, 0.3) is 0 Å². The number of hydrogen-bond donors (Lipinski definition) is 1. The van der Waals surface area contributed by atoms with Crippen molar-refractivity contribution in [2.75, 3.05) is 40.5 Å². The molecule has 0 heterocycles. The first-order chi connectivity index (χ1) is 8.79. The molecule has 1 N–H and O–H groups in total. The van der Waals surface area contributed by atoms with E-state index in [0.717, 1.165) is 25.1 Å². The van der Waals surface area contributed by atoms with Gasteiger partial charge in [0.2, 0.25) is 0 Å². The lowest BCUT2D eigenvalue weighted by molar-refractivity contribution is 0.161. The van der Waals surface area contributed by atoms with Gasteiger partial charge < -0.3 is 14.4 Å². The van der Waals surface area contributed by atoms with Gasteiger partial charge in [0.1, 0.15) is 5.84 Å². The molecule has 0 aliphatic rings. The van der Waals surface area contributed by atoms with E-state index in [-0.39, 0.29) is 0 Å². The predicted octanol–water partition coefficient (Wildman–Crippen LogP) is 2.00. The van der Waals surface area contributed by atoms with Gasteiger partial charge >= 0.3 is 0 Å². The largest absolute Gasteiger partial charge is 0.385 e. The van der Waals surface area contributed by atoms with Crippen molar-refractivity contribution in [2.24, 2.45) is 0 Å². The summed E-state index contributed by atoms with van der Waals surface area (Å²) in [6.07, 6.45) is 0.912. The standard InChI is InChI=1S/C14H22N2O2/c1-17-11-6-9-16(10-12-18-2)14(15)13-7-4-3-5-8-13/h3-5,7-8,15H,6,9-12H2,1-2H3. The molecular weight excluding hydrogens is 228 g/mol. The van der Waals surface area contributed by atoms with E-state index in [4.69, 9.17) is 14.9 Å². The highest BCUT2D eigenvalue weighted by atomic mass is 16.5. The first-order valence-corrected chi connectivity index (χ1v) is 6.16. The summed E-state index contributed by atoms with van der Waals surface area (Å²) in [5.74, 6) is 0.545. The summed E-state index contributed by atoms with van der Waals surface area (Å²) < 4.78 is 10.1. The fourth-order valence-electron chi connectivity index (χ4n) is 1.72. The molecule has 0 aromatic heterocycles. The van der Waals surface area contributed by atoms with Crippen molar-refractivity contribution in [3.8, 4) is 0 Å². The fourth-order valence-corrected chi connectivity index (χ4v) is 1.72. The molecule has 0 atom stereocenters. The van der Waals surface area contributed by atoms with Crippen LogP contribution in [-0.2, 0) is 9.47 Å². The molecule has 0 bridgehead atoms. The minimum atomic E-state index is 0.545. The van der Waals surface area contributed by atoms with Crippen molar-refractivity contribution in [3.05, 3.63) is 35.9 Å². The van der Waals surface area contributed by atoms with Crippen LogP contribution in [0.3, 0.4) is 0 Å². The predicted molar refractivity (Wildman–Crippen MR) is 73.2 cm³/mol. The Labute approximate surface area is 109 Å². The Morgan fingerprint density at radius 3 is 2.33 bits per heavy atom. The number of hydrogen-bond acceptors (Lipinski definition) is 3. The number of benzene rings is 1. The van der Waals surface area contributed by atoms with Crippen molar-refractivity contribution >= 4 is 5.84 Å². The van der Waals surface area contributed by atoms with Crippen LogP contribution in [0.15, 0.2) is 30.3 Å². The third-order valence-electron chi connectivity index (χ3n) is 2.71. The Kier molecular flexibility index (Phi) is 7.06. The molecule has 1 aromatic carbocycles. The van der Waals surface area contributed by atoms with Crippen LogP contribution in [0.2, 0.25) is 0 Å². The zero-order chi connectivity index (χ0) is 13.2. The second-order valence-electron chi connectivity index (χ2n) is 4.04. The van der Waals surface area contributed by atoms with E-state index in [9.17, 15) is 0 Å². The lowest BCUT2D eigenvalue weighted by atomic mass is 10.2. The Bertz CT molecular complexity index is 341. The Balaban J connectivity index is 2.60. The minimum Gasteiger partial charge on any atom is -0.385 e. The highest BCUT2D eigenvalue weighted by Gasteiger charge is 2.10. The molecule has 0 spiro atoms. The third-order valence-corrected chi connectivity index (χ3v) is 2.71. The molecule has 0 saturated carbocycles. The third kappa shape index (κ3) is 4.85. The van der Waals surface area contributed by atoms with Crippen LogP contribution in [0, 0.1) is 5.41 Å². The summed E-state index contributed by atoms with van der Waals surface area (Å²) in [6.45, 7) is 2.88. The summed E-state index contributed by atoms with van der Waals surface area (Å²) in [6, 6.07) is 9.78. The van der Waals surface area contributed by atoms with Crippen LogP contribution in [-0.4, -0.2) is 51.3 Å². The van der Waals surface area contributed by atoms with Gasteiger partial charge in [0.15, 0.2) is 0 Å². The number of methoxy groups -OCH3 is 2. The second-order valence-corrected chi connectivity index (χ2v) is 4.04. The van der Waals surface area contributed by atoms with Gasteiger partial charge in [0.25, 0.3) is 0 Å². The first kappa shape index (κ1) is 14.7. The molecular formula is C14H22N2O2. The molecule has 0 radical (unpaired) electrons. The maximum Gasteiger partial charge on any atom is 0.128 e. The molecule has 1 aromatic rings.